The van der Waals surface area contributed by atoms with Crippen molar-refractivity contribution in [2.24, 2.45) is 0 Å². The number of fused-ring (bicyclic) bond motifs is 1. The monoisotopic (exact) mass is 447 g/mol. The van der Waals surface area contributed by atoms with Crippen LogP contribution >= 0.6 is 0 Å². The third kappa shape index (κ3) is 3.71. The Morgan fingerprint density at radius 1 is 1.00 bits per heavy atom. The van der Waals surface area contributed by atoms with Gasteiger partial charge in [0.15, 0.2) is 0 Å². The third-order valence-electron chi connectivity index (χ3n) is 7.23. The molecule has 2 aliphatic heterocycles. The third-order valence-corrected chi connectivity index (χ3v) is 7.23. The van der Waals surface area contributed by atoms with E-state index in [2.05, 4.69) is 0 Å². The van der Waals surface area contributed by atoms with Gasteiger partial charge in [-0.05, 0) is 56.9 Å². The second kappa shape index (κ2) is 8.65. The summed E-state index contributed by atoms with van der Waals surface area (Å²) < 4.78 is 0. The van der Waals surface area contributed by atoms with Gasteiger partial charge in [0.1, 0.15) is 0 Å². The Morgan fingerprint density at radius 3 is 2.21 bits per heavy atom. The number of piperidine rings is 1. The molecule has 1 saturated heterocycles. The maximum atomic E-state index is 13.7. The number of hydrogen-bond acceptors (Lipinski definition) is 3. The van der Waals surface area contributed by atoms with Crippen LogP contribution in [0.3, 0.4) is 0 Å². The lowest BCUT2D eigenvalue weighted by Gasteiger charge is -2.56. The fourth-order valence-corrected chi connectivity index (χ4v) is 5.68. The van der Waals surface area contributed by atoms with Crippen LogP contribution in [-0.4, -0.2) is 71.2 Å². The maximum absolute atomic E-state index is 13.7. The number of benzene rings is 2. The van der Waals surface area contributed by atoms with Gasteiger partial charge < -0.3 is 14.7 Å². The highest BCUT2D eigenvalue weighted by Gasteiger charge is 2.56. The molecule has 0 aliphatic carbocycles. The van der Waals surface area contributed by atoms with E-state index in [4.69, 9.17) is 0 Å². The fraction of sp³-hybridized carbons (Fsp3) is 0.444. The molecular weight excluding hydrogens is 414 g/mol. The van der Waals surface area contributed by atoms with Gasteiger partial charge in [-0.1, -0.05) is 36.4 Å². The van der Waals surface area contributed by atoms with Gasteiger partial charge in [0.2, 0.25) is 5.91 Å². The molecule has 3 amide bonds. The highest BCUT2D eigenvalue weighted by atomic mass is 16.2. The van der Waals surface area contributed by atoms with Crippen LogP contribution in [0.15, 0.2) is 48.5 Å². The number of carbonyl (C=O) groups excluding carboxylic acids is 3. The summed E-state index contributed by atoms with van der Waals surface area (Å²) in [6, 6.07) is 15.1. The molecule has 174 valence electrons. The minimum atomic E-state index is -0.663. The minimum Gasteiger partial charge on any atom is -0.348 e. The van der Waals surface area contributed by atoms with Crippen LogP contribution in [0.5, 0.6) is 0 Å². The molecule has 6 nitrogen and oxygen atoms in total. The molecule has 0 saturated carbocycles. The van der Waals surface area contributed by atoms with Crippen LogP contribution < -0.4 is 0 Å². The molecule has 0 N–H and O–H groups in total. The number of hydrogen-bond donors (Lipinski definition) is 0. The summed E-state index contributed by atoms with van der Waals surface area (Å²) in [7, 11) is 3.54. The van der Waals surface area contributed by atoms with Gasteiger partial charge in [-0.2, -0.15) is 0 Å². The van der Waals surface area contributed by atoms with Crippen molar-refractivity contribution in [2.75, 3.05) is 27.2 Å². The van der Waals surface area contributed by atoms with Gasteiger partial charge in [0.05, 0.1) is 11.5 Å². The lowest BCUT2D eigenvalue weighted by atomic mass is 9.66. The quantitative estimate of drug-likeness (QED) is 0.721. The summed E-state index contributed by atoms with van der Waals surface area (Å²) in [6.45, 7) is 6.97. The van der Waals surface area contributed by atoms with E-state index in [1.807, 2.05) is 79.1 Å². The largest absolute Gasteiger partial charge is 0.348 e. The molecule has 0 radical (unpaired) electrons. The van der Waals surface area contributed by atoms with E-state index in [1.54, 1.807) is 19.0 Å². The molecule has 1 unspecified atom stereocenters. The first-order valence-corrected chi connectivity index (χ1v) is 11.7. The number of rotatable bonds is 3. The Hall–Kier alpha value is -3.15. The zero-order valence-corrected chi connectivity index (χ0v) is 20.2. The maximum Gasteiger partial charge on any atom is 0.254 e. The van der Waals surface area contributed by atoms with Gasteiger partial charge in [0.25, 0.3) is 11.8 Å². The molecule has 2 aromatic rings. The van der Waals surface area contributed by atoms with E-state index in [0.29, 0.717) is 37.1 Å². The first-order valence-electron chi connectivity index (χ1n) is 11.7. The summed E-state index contributed by atoms with van der Waals surface area (Å²) in [5, 5.41) is 0. The summed E-state index contributed by atoms with van der Waals surface area (Å²) in [4.78, 5) is 46.0. The molecule has 2 aliphatic rings. The summed E-state index contributed by atoms with van der Waals surface area (Å²) >= 11 is 0. The molecule has 1 fully saturated rings. The van der Waals surface area contributed by atoms with Crippen molar-refractivity contribution < 1.29 is 14.4 Å². The minimum absolute atomic E-state index is 0.000666. The lowest BCUT2D eigenvalue weighted by Crippen LogP contribution is -2.67. The Labute approximate surface area is 196 Å². The van der Waals surface area contributed by atoms with Crippen LogP contribution in [0.4, 0.5) is 0 Å². The molecule has 4 rings (SSSR count). The van der Waals surface area contributed by atoms with Gasteiger partial charge in [-0.25, -0.2) is 0 Å². The number of aryl methyl sites for hydroxylation is 1. The van der Waals surface area contributed by atoms with E-state index in [-0.39, 0.29) is 23.8 Å². The second-order valence-corrected chi connectivity index (χ2v) is 9.73. The average molecular weight is 448 g/mol. The number of likely N-dealkylation sites (tertiary alicyclic amines) is 1. The van der Waals surface area contributed by atoms with Crippen molar-refractivity contribution in [1.29, 1.82) is 0 Å². The number of nitrogens with zero attached hydrogens (tertiary/aromatic N) is 3. The van der Waals surface area contributed by atoms with Gasteiger partial charge >= 0.3 is 0 Å². The standard InChI is InChI=1S/C27H33N3O3/c1-18(2)30-25(32)22-13-9-8-12-21(22)23(26(33)28(4)5)27(30)14-16-29(17-15-27)24(31)20-11-7-6-10-19(20)3/h6-13,18,23H,14-17H2,1-5H3. The number of likely N-dealkylation sites (N-methyl/N-ethyl adjacent to an activating group) is 1. The van der Waals surface area contributed by atoms with Crippen LogP contribution in [0.1, 0.15) is 64.4 Å². The molecule has 2 aromatic carbocycles. The Bertz CT molecular complexity index is 1080. The van der Waals surface area contributed by atoms with Gasteiger partial charge in [-0.3, -0.25) is 14.4 Å². The van der Waals surface area contributed by atoms with Crippen LogP contribution in [0.2, 0.25) is 0 Å². The van der Waals surface area contributed by atoms with Crippen molar-refractivity contribution in [3.8, 4) is 0 Å². The van der Waals surface area contributed by atoms with Crippen molar-refractivity contribution in [3.63, 3.8) is 0 Å². The lowest BCUT2D eigenvalue weighted by molar-refractivity contribution is -0.136. The normalized spacial score (nSPS) is 19.6. The Balaban J connectivity index is 1.75. The molecule has 1 atom stereocenters. The second-order valence-electron chi connectivity index (χ2n) is 9.73. The predicted molar refractivity (Wildman–Crippen MR) is 128 cm³/mol. The first-order chi connectivity index (χ1) is 15.7. The summed E-state index contributed by atoms with van der Waals surface area (Å²) in [5.41, 5.74) is 2.41. The molecule has 1 spiro atoms. The molecule has 0 bridgehead atoms. The highest BCUT2D eigenvalue weighted by Crippen LogP contribution is 2.48. The van der Waals surface area contributed by atoms with E-state index in [0.717, 1.165) is 11.1 Å². The van der Waals surface area contributed by atoms with Gasteiger partial charge in [0, 0.05) is 44.4 Å². The number of amides is 3. The zero-order chi connectivity index (χ0) is 23.9. The van der Waals surface area contributed by atoms with E-state index < -0.39 is 11.5 Å². The van der Waals surface area contributed by atoms with E-state index >= 15 is 0 Å². The SMILES string of the molecule is Cc1ccccc1C(=O)N1CCC2(CC1)C(C(=O)N(C)C)c1ccccc1C(=O)N2C(C)C. The zero-order valence-electron chi connectivity index (χ0n) is 20.2. The van der Waals surface area contributed by atoms with Crippen molar-refractivity contribution in [2.45, 2.75) is 51.1 Å². The van der Waals surface area contributed by atoms with Crippen LogP contribution in [0, 0.1) is 6.92 Å². The molecule has 2 heterocycles. The Kier molecular flexibility index (Phi) is 6.04. The average Bonchev–Trinajstić information content (AvgIpc) is 2.79. The fourth-order valence-electron chi connectivity index (χ4n) is 5.68. The Morgan fingerprint density at radius 2 is 1.61 bits per heavy atom. The molecule has 33 heavy (non-hydrogen) atoms. The molecule has 0 aromatic heterocycles. The van der Waals surface area contributed by atoms with Crippen LogP contribution in [0.25, 0.3) is 0 Å². The van der Waals surface area contributed by atoms with E-state index in [1.165, 1.54) is 0 Å². The summed E-state index contributed by atoms with van der Waals surface area (Å²) in [5.74, 6) is -0.474. The topological polar surface area (TPSA) is 60.9 Å². The predicted octanol–water partition coefficient (Wildman–Crippen LogP) is 3.71. The van der Waals surface area contributed by atoms with Crippen molar-refractivity contribution in [1.82, 2.24) is 14.7 Å². The molecular formula is C27H33N3O3. The summed E-state index contributed by atoms with van der Waals surface area (Å²) in [6.07, 6.45) is 1.13. The van der Waals surface area contributed by atoms with Crippen molar-refractivity contribution >= 4 is 17.7 Å². The highest BCUT2D eigenvalue weighted by molar-refractivity contribution is 6.02. The van der Waals surface area contributed by atoms with Crippen LogP contribution in [-0.2, 0) is 4.79 Å². The first kappa shape index (κ1) is 23.0. The van der Waals surface area contributed by atoms with Crippen molar-refractivity contribution in [3.05, 3.63) is 70.8 Å². The van der Waals surface area contributed by atoms with Gasteiger partial charge in [-0.15, -0.1) is 0 Å². The van der Waals surface area contributed by atoms with E-state index in [9.17, 15) is 14.4 Å². The smallest absolute Gasteiger partial charge is 0.254 e. The molecule has 6 heteroatoms. The number of carbonyl (C=O) groups is 3.